The first-order valence-corrected chi connectivity index (χ1v) is 4.38. The van der Waals surface area contributed by atoms with Crippen LogP contribution in [-0.2, 0) is 0 Å². The number of fused-ring (bicyclic) bond motifs is 1. The van der Waals surface area contributed by atoms with Crippen molar-refractivity contribution in [2.45, 2.75) is 6.92 Å². The highest BCUT2D eigenvalue weighted by molar-refractivity contribution is 5.79. The Labute approximate surface area is 81.3 Å². The second-order valence-electron chi connectivity index (χ2n) is 3.25. The lowest BCUT2D eigenvalue weighted by Gasteiger charge is -2.02. The van der Waals surface area contributed by atoms with Crippen molar-refractivity contribution in [2.24, 2.45) is 0 Å². The standard InChI is InChI=1S/C11H11NO2/c1-7-3-4-9-8(5-7)10(13)6-11(12-9)14-2/h3-6H,1-2H3,(H,12,13). The molecule has 3 heteroatoms. The van der Waals surface area contributed by atoms with Gasteiger partial charge in [-0.25, -0.2) is 0 Å². The zero-order valence-corrected chi connectivity index (χ0v) is 8.13. The second kappa shape index (κ2) is 3.18. The maximum Gasteiger partial charge on any atom is 0.194 e. The topological polar surface area (TPSA) is 42.1 Å². The first-order valence-electron chi connectivity index (χ1n) is 4.38. The number of rotatable bonds is 1. The summed E-state index contributed by atoms with van der Waals surface area (Å²) in [5.41, 5.74) is 1.87. The zero-order valence-electron chi connectivity index (χ0n) is 8.13. The average Bonchev–Trinajstić information content (AvgIpc) is 2.19. The number of benzene rings is 1. The molecular weight excluding hydrogens is 178 g/mol. The minimum atomic E-state index is -0.0145. The van der Waals surface area contributed by atoms with Crippen molar-refractivity contribution < 1.29 is 4.74 Å². The van der Waals surface area contributed by atoms with Crippen LogP contribution in [0.15, 0.2) is 29.1 Å². The van der Waals surface area contributed by atoms with E-state index in [1.807, 2.05) is 25.1 Å². The number of pyridine rings is 1. The van der Waals surface area contributed by atoms with Gasteiger partial charge in [-0.3, -0.25) is 4.79 Å². The molecule has 0 fully saturated rings. The Kier molecular flexibility index (Phi) is 2.00. The van der Waals surface area contributed by atoms with Crippen LogP contribution in [0.25, 0.3) is 10.9 Å². The number of aromatic nitrogens is 1. The molecule has 0 bridgehead atoms. The van der Waals surface area contributed by atoms with E-state index in [1.54, 1.807) is 0 Å². The van der Waals surface area contributed by atoms with Crippen LogP contribution in [0.5, 0.6) is 5.88 Å². The van der Waals surface area contributed by atoms with E-state index in [1.165, 1.54) is 13.2 Å². The first-order chi connectivity index (χ1) is 6.70. The fourth-order valence-corrected chi connectivity index (χ4v) is 1.45. The number of hydrogen-bond donors (Lipinski definition) is 1. The van der Waals surface area contributed by atoms with Crippen molar-refractivity contribution in [1.29, 1.82) is 0 Å². The third-order valence-corrected chi connectivity index (χ3v) is 2.18. The van der Waals surface area contributed by atoms with Crippen LogP contribution >= 0.6 is 0 Å². The monoisotopic (exact) mass is 189 g/mol. The van der Waals surface area contributed by atoms with Gasteiger partial charge in [0, 0.05) is 11.5 Å². The van der Waals surface area contributed by atoms with E-state index >= 15 is 0 Å². The van der Waals surface area contributed by atoms with Gasteiger partial charge in [-0.2, -0.15) is 0 Å². The van der Waals surface area contributed by atoms with Gasteiger partial charge in [-0.15, -0.1) is 0 Å². The van der Waals surface area contributed by atoms with Gasteiger partial charge in [-0.05, 0) is 19.1 Å². The summed E-state index contributed by atoms with van der Waals surface area (Å²) in [6.07, 6.45) is 0. The fraction of sp³-hybridized carbons (Fsp3) is 0.182. The lowest BCUT2D eigenvalue weighted by atomic mass is 10.1. The largest absolute Gasteiger partial charge is 0.482 e. The molecule has 2 rings (SSSR count). The molecular formula is C11H11NO2. The van der Waals surface area contributed by atoms with Crippen LogP contribution in [0.3, 0.4) is 0 Å². The molecule has 0 atom stereocenters. The Hall–Kier alpha value is -1.77. The number of H-pyrrole nitrogens is 1. The highest BCUT2D eigenvalue weighted by Gasteiger charge is 2.01. The van der Waals surface area contributed by atoms with Gasteiger partial charge in [-0.1, -0.05) is 11.6 Å². The third-order valence-electron chi connectivity index (χ3n) is 2.18. The molecule has 0 spiro atoms. The first kappa shape index (κ1) is 8.81. The van der Waals surface area contributed by atoms with E-state index in [0.29, 0.717) is 11.3 Å². The molecule has 1 aromatic carbocycles. The molecule has 1 heterocycles. The molecule has 0 saturated carbocycles. The Bertz CT molecular complexity index is 528. The van der Waals surface area contributed by atoms with E-state index < -0.39 is 0 Å². The van der Waals surface area contributed by atoms with Crippen molar-refractivity contribution in [1.82, 2.24) is 4.98 Å². The maximum atomic E-state index is 11.6. The lowest BCUT2D eigenvalue weighted by Crippen LogP contribution is -2.03. The maximum absolute atomic E-state index is 11.6. The Morgan fingerprint density at radius 1 is 1.29 bits per heavy atom. The molecule has 0 aliphatic carbocycles. The van der Waals surface area contributed by atoms with Crippen molar-refractivity contribution in [3.8, 4) is 5.88 Å². The Morgan fingerprint density at radius 3 is 2.79 bits per heavy atom. The van der Waals surface area contributed by atoms with Crippen LogP contribution < -0.4 is 10.2 Å². The molecule has 0 saturated heterocycles. The molecule has 0 aliphatic rings. The van der Waals surface area contributed by atoms with Crippen molar-refractivity contribution in [3.63, 3.8) is 0 Å². The Balaban J connectivity index is 2.83. The van der Waals surface area contributed by atoms with Gasteiger partial charge in [0.2, 0.25) is 0 Å². The van der Waals surface area contributed by atoms with E-state index in [4.69, 9.17) is 4.74 Å². The molecule has 1 aromatic heterocycles. The SMILES string of the molecule is COc1cc(=O)c2cc(C)ccc2[nH]1. The van der Waals surface area contributed by atoms with E-state index in [0.717, 1.165) is 11.1 Å². The molecule has 2 aromatic rings. The average molecular weight is 189 g/mol. The predicted octanol–water partition coefficient (Wildman–Crippen LogP) is 1.85. The molecule has 0 radical (unpaired) electrons. The van der Waals surface area contributed by atoms with Gasteiger partial charge >= 0.3 is 0 Å². The fourth-order valence-electron chi connectivity index (χ4n) is 1.45. The molecule has 0 unspecified atom stereocenters. The van der Waals surface area contributed by atoms with E-state index in [2.05, 4.69) is 4.98 Å². The summed E-state index contributed by atoms with van der Waals surface area (Å²) >= 11 is 0. The van der Waals surface area contributed by atoms with Gasteiger partial charge in [0.1, 0.15) is 0 Å². The minimum absolute atomic E-state index is 0.0145. The number of ether oxygens (including phenoxy) is 1. The van der Waals surface area contributed by atoms with Gasteiger partial charge < -0.3 is 9.72 Å². The summed E-state index contributed by atoms with van der Waals surface area (Å²) in [4.78, 5) is 14.6. The van der Waals surface area contributed by atoms with Crippen molar-refractivity contribution >= 4 is 10.9 Å². The number of nitrogens with one attached hydrogen (secondary N) is 1. The highest BCUT2D eigenvalue weighted by Crippen LogP contribution is 2.13. The van der Waals surface area contributed by atoms with Crippen molar-refractivity contribution in [3.05, 3.63) is 40.1 Å². The van der Waals surface area contributed by atoms with Gasteiger partial charge in [0.25, 0.3) is 0 Å². The van der Waals surface area contributed by atoms with Gasteiger partial charge in [0.05, 0.1) is 12.6 Å². The van der Waals surface area contributed by atoms with E-state index in [-0.39, 0.29) is 5.43 Å². The van der Waals surface area contributed by atoms with Crippen molar-refractivity contribution in [2.75, 3.05) is 7.11 Å². The summed E-state index contributed by atoms with van der Waals surface area (Å²) in [7, 11) is 1.53. The van der Waals surface area contributed by atoms with Crippen LogP contribution in [-0.4, -0.2) is 12.1 Å². The van der Waals surface area contributed by atoms with Crippen LogP contribution in [0.4, 0.5) is 0 Å². The molecule has 0 amide bonds. The molecule has 3 nitrogen and oxygen atoms in total. The number of aryl methyl sites for hydroxylation is 1. The molecule has 0 aliphatic heterocycles. The number of methoxy groups -OCH3 is 1. The molecule has 1 N–H and O–H groups in total. The zero-order chi connectivity index (χ0) is 10.1. The molecule has 72 valence electrons. The quantitative estimate of drug-likeness (QED) is 0.743. The van der Waals surface area contributed by atoms with Crippen LogP contribution in [0.2, 0.25) is 0 Å². The summed E-state index contributed by atoms with van der Waals surface area (Å²) < 4.78 is 4.98. The molecule has 14 heavy (non-hydrogen) atoms. The summed E-state index contributed by atoms with van der Waals surface area (Å²) in [6, 6.07) is 7.17. The second-order valence-corrected chi connectivity index (χ2v) is 3.25. The summed E-state index contributed by atoms with van der Waals surface area (Å²) in [5.74, 6) is 0.492. The smallest absolute Gasteiger partial charge is 0.194 e. The third kappa shape index (κ3) is 1.37. The summed E-state index contributed by atoms with van der Waals surface area (Å²) in [6.45, 7) is 1.96. The minimum Gasteiger partial charge on any atom is -0.482 e. The van der Waals surface area contributed by atoms with E-state index in [9.17, 15) is 4.79 Å². The lowest BCUT2D eigenvalue weighted by molar-refractivity contribution is 0.399. The van der Waals surface area contributed by atoms with Crippen LogP contribution in [0, 0.1) is 6.92 Å². The number of aromatic amines is 1. The van der Waals surface area contributed by atoms with Crippen LogP contribution in [0.1, 0.15) is 5.56 Å². The Morgan fingerprint density at radius 2 is 2.07 bits per heavy atom. The normalized spacial score (nSPS) is 10.4. The summed E-state index contributed by atoms with van der Waals surface area (Å²) in [5, 5.41) is 0.700. The highest BCUT2D eigenvalue weighted by atomic mass is 16.5. The van der Waals surface area contributed by atoms with Gasteiger partial charge in [0.15, 0.2) is 11.3 Å². The predicted molar refractivity (Wildman–Crippen MR) is 55.9 cm³/mol. The number of hydrogen-bond acceptors (Lipinski definition) is 2.